The van der Waals surface area contributed by atoms with Gasteiger partial charge in [-0.15, -0.1) is 10.2 Å². The maximum Gasteiger partial charge on any atom is 0.416 e. The molecule has 0 radical (unpaired) electrons. The van der Waals surface area contributed by atoms with E-state index < -0.39 is 18.8 Å². The molecule has 0 fully saturated rings. The highest BCUT2D eigenvalue weighted by atomic mass is 35.5. The Kier molecular flexibility index (Phi) is 5.08. The molecule has 2 N–H and O–H groups in total. The van der Waals surface area contributed by atoms with E-state index in [4.69, 9.17) is 11.6 Å². The Balaban J connectivity index is 1.81. The normalized spacial score (nSPS) is 13.0. The van der Waals surface area contributed by atoms with E-state index >= 15 is 0 Å². The molecule has 3 heterocycles. The van der Waals surface area contributed by atoms with Gasteiger partial charge < -0.3 is 10.4 Å². The maximum absolute atomic E-state index is 12.6. The number of fused-ring (bicyclic) bond motifs is 1. The van der Waals surface area contributed by atoms with Crippen LogP contribution in [0.2, 0.25) is 5.02 Å². The van der Waals surface area contributed by atoms with Gasteiger partial charge in [-0.25, -0.2) is 4.98 Å². The number of aromatic nitrogens is 6. The molecule has 4 rings (SSSR count). The Bertz CT molecular complexity index is 1190. The number of halogens is 4. The van der Waals surface area contributed by atoms with Crippen LogP contribution in [0.4, 0.5) is 19.1 Å². The first-order valence-corrected chi connectivity index (χ1v) is 9.09. The standard InChI is InChI=1S/C18H15ClF3N7O/c1-28-8-11(6-24-28)15-16-26-27-17(23-7-14(30)18(20,21)22)29(16)9-13(25-15)10-2-4-12(19)5-3-10/h2-6,8-9,14,30H,7H2,1H3,(H,23,27)/t14-/m0/s1. The summed E-state index contributed by atoms with van der Waals surface area (Å²) in [6, 6.07) is 6.96. The fraction of sp³-hybridized carbons (Fsp3) is 0.222. The van der Waals surface area contributed by atoms with Gasteiger partial charge in [0.2, 0.25) is 5.95 Å². The number of alkyl halides is 3. The zero-order chi connectivity index (χ0) is 21.5. The van der Waals surface area contributed by atoms with Gasteiger partial charge in [0.1, 0.15) is 5.69 Å². The maximum atomic E-state index is 12.6. The minimum atomic E-state index is -4.75. The molecular weight excluding hydrogens is 423 g/mol. The molecule has 1 atom stereocenters. The van der Waals surface area contributed by atoms with E-state index in [1.54, 1.807) is 54.6 Å². The molecule has 1 aromatic carbocycles. The number of aliphatic hydroxyl groups excluding tert-OH is 1. The van der Waals surface area contributed by atoms with Crippen LogP contribution in [-0.2, 0) is 7.05 Å². The smallest absolute Gasteiger partial charge is 0.382 e. The summed E-state index contributed by atoms with van der Waals surface area (Å²) in [5.74, 6) is 0.0380. The number of nitrogens with one attached hydrogen (secondary N) is 1. The van der Waals surface area contributed by atoms with Crippen LogP contribution in [0.15, 0.2) is 42.9 Å². The quantitative estimate of drug-likeness (QED) is 0.498. The second kappa shape index (κ2) is 7.58. The van der Waals surface area contributed by atoms with Crippen molar-refractivity contribution in [1.29, 1.82) is 0 Å². The molecule has 0 amide bonds. The minimum Gasteiger partial charge on any atom is -0.382 e. The van der Waals surface area contributed by atoms with Crippen LogP contribution < -0.4 is 5.32 Å². The van der Waals surface area contributed by atoms with E-state index in [2.05, 4.69) is 25.6 Å². The van der Waals surface area contributed by atoms with Crippen LogP contribution in [-0.4, -0.2) is 53.3 Å². The Morgan fingerprint density at radius 1 is 1.13 bits per heavy atom. The first-order valence-electron chi connectivity index (χ1n) is 8.72. The number of aryl methyl sites for hydroxylation is 1. The summed E-state index contributed by atoms with van der Waals surface area (Å²) < 4.78 is 41.0. The van der Waals surface area contributed by atoms with Crippen molar-refractivity contribution in [3.63, 3.8) is 0 Å². The van der Waals surface area contributed by atoms with Crippen molar-refractivity contribution in [2.24, 2.45) is 7.05 Å². The molecule has 0 aliphatic rings. The number of anilines is 1. The number of aliphatic hydroxyl groups is 1. The third kappa shape index (κ3) is 3.94. The molecule has 0 saturated heterocycles. The molecule has 0 unspecified atom stereocenters. The number of hydrogen-bond acceptors (Lipinski definition) is 6. The summed E-state index contributed by atoms with van der Waals surface area (Å²) in [4.78, 5) is 4.66. The first-order chi connectivity index (χ1) is 14.2. The third-order valence-electron chi connectivity index (χ3n) is 4.34. The number of rotatable bonds is 5. The highest BCUT2D eigenvalue weighted by molar-refractivity contribution is 6.30. The lowest BCUT2D eigenvalue weighted by molar-refractivity contribution is -0.198. The zero-order valence-electron chi connectivity index (χ0n) is 15.5. The highest BCUT2D eigenvalue weighted by Gasteiger charge is 2.38. The van der Waals surface area contributed by atoms with E-state index in [9.17, 15) is 18.3 Å². The zero-order valence-corrected chi connectivity index (χ0v) is 16.2. The third-order valence-corrected chi connectivity index (χ3v) is 4.59. The Labute approximate surface area is 173 Å². The second-order valence-electron chi connectivity index (χ2n) is 6.54. The van der Waals surface area contributed by atoms with E-state index in [1.807, 2.05) is 0 Å². The Morgan fingerprint density at radius 3 is 2.50 bits per heavy atom. The summed E-state index contributed by atoms with van der Waals surface area (Å²) in [6.07, 6.45) is -2.35. The number of nitrogens with zero attached hydrogens (tertiary/aromatic N) is 6. The highest BCUT2D eigenvalue weighted by Crippen LogP contribution is 2.28. The van der Waals surface area contributed by atoms with Crippen molar-refractivity contribution >= 4 is 23.2 Å². The number of benzene rings is 1. The van der Waals surface area contributed by atoms with Crippen LogP contribution >= 0.6 is 11.6 Å². The molecule has 0 spiro atoms. The van der Waals surface area contributed by atoms with Gasteiger partial charge in [0.05, 0.1) is 18.4 Å². The van der Waals surface area contributed by atoms with E-state index in [0.717, 1.165) is 5.56 Å². The molecule has 8 nitrogen and oxygen atoms in total. The van der Waals surface area contributed by atoms with E-state index in [-0.39, 0.29) is 5.95 Å². The van der Waals surface area contributed by atoms with Crippen molar-refractivity contribution in [1.82, 2.24) is 29.4 Å². The Hall–Kier alpha value is -3.18. The molecule has 3 aromatic heterocycles. The average molecular weight is 438 g/mol. The average Bonchev–Trinajstić information content (AvgIpc) is 3.31. The Morgan fingerprint density at radius 2 is 1.87 bits per heavy atom. The molecule has 156 valence electrons. The molecule has 4 aromatic rings. The van der Waals surface area contributed by atoms with Gasteiger partial charge in [0.15, 0.2) is 11.8 Å². The first kappa shape index (κ1) is 20.1. The second-order valence-corrected chi connectivity index (χ2v) is 6.98. The SMILES string of the molecule is Cn1cc(-c2nc(-c3ccc(Cl)cc3)cn3c(NC[C@H](O)C(F)(F)F)nnc23)cn1. The van der Waals surface area contributed by atoms with Gasteiger partial charge in [0, 0.05) is 35.6 Å². The molecule has 0 bridgehead atoms. The summed E-state index contributed by atoms with van der Waals surface area (Å²) in [6.45, 7) is -0.773. The van der Waals surface area contributed by atoms with Gasteiger partial charge >= 0.3 is 6.18 Å². The van der Waals surface area contributed by atoms with Crippen LogP contribution in [0.5, 0.6) is 0 Å². The molecule has 0 aliphatic heterocycles. The monoisotopic (exact) mass is 437 g/mol. The van der Waals surface area contributed by atoms with Crippen LogP contribution in [0.3, 0.4) is 0 Å². The molecule has 0 saturated carbocycles. The predicted octanol–water partition coefficient (Wildman–Crippen LogP) is 3.18. The van der Waals surface area contributed by atoms with Gasteiger partial charge in [-0.2, -0.15) is 18.3 Å². The van der Waals surface area contributed by atoms with Gasteiger partial charge in [-0.3, -0.25) is 9.08 Å². The fourth-order valence-electron chi connectivity index (χ4n) is 2.82. The predicted molar refractivity (Wildman–Crippen MR) is 104 cm³/mol. The molecular formula is C18H15ClF3N7O. The summed E-state index contributed by atoms with van der Waals surface area (Å²) in [5.41, 5.74) is 2.70. The van der Waals surface area contributed by atoms with Crippen molar-refractivity contribution in [3.8, 4) is 22.5 Å². The largest absolute Gasteiger partial charge is 0.416 e. The van der Waals surface area contributed by atoms with Gasteiger partial charge in [-0.05, 0) is 12.1 Å². The lowest BCUT2D eigenvalue weighted by Gasteiger charge is -2.15. The summed E-state index contributed by atoms with van der Waals surface area (Å²) in [5, 5.41) is 24.4. The van der Waals surface area contributed by atoms with Crippen molar-refractivity contribution in [2.75, 3.05) is 11.9 Å². The molecule has 0 aliphatic carbocycles. The van der Waals surface area contributed by atoms with Crippen molar-refractivity contribution in [3.05, 3.63) is 47.9 Å². The van der Waals surface area contributed by atoms with Crippen LogP contribution in [0.25, 0.3) is 28.2 Å². The number of hydrogen-bond donors (Lipinski definition) is 2. The van der Waals surface area contributed by atoms with Gasteiger partial charge in [-0.1, -0.05) is 23.7 Å². The van der Waals surface area contributed by atoms with Gasteiger partial charge in [0.25, 0.3) is 0 Å². The van der Waals surface area contributed by atoms with Crippen LogP contribution in [0, 0.1) is 0 Å². The minimum absolute atomic E-state index is 0.0380. The van der Waals surface area contributed by atoms with Crippen molar-refractivity contribution < 1.29 is 18.3 Å². The lowest BCUT2D eigenvalue weighted by atomic mass is 10.1. The summed E-state index contributed by atoms with van der Waals surface area (Å²) >= 11 is 5.96. The lowest BCUT2D eigenvalue weighted by Crippen LogP contribution is -2.35. The van der Waals surface area contributed by atoms with Crippen LogP contribution in [0.1, 0.15) is 0 Å². The van der Waals surface area contributed by atoms with E-state index in [0.29, 0.717) is 27.6 Å². The topological polar surface area (TPSA) is 93.2 Å². The van der Waals surface area contributed by atoms with E-state index in [1.165, 1.54) is 4.40 Å². The summed E-state index contributed by atoms with van der Waals surface area (Å²) in [7, 11) is 1.75. The molecule has 30 heavy (non-hydrogen) atoms. The van der Waals surface area contributed by atoms with Crippen molar-refractivity contribution in [2.45, 2.75) is 12.3 Å². The molecule has 12 heteroatoms. The fourth-order valence-corrected chi connectivity index (χ4v) is 2.94.